The molecule has 6 heteroatoms. The maximum atomic E-state index is 13.4. The predicted molar refractivity (Wildman–Crippen MR) is 110 cm³/mol. The van der Waals surface area contributed by atoms with E-state index in [1.54, 1.807) is 17.0 Å². The van der Waals surface area contributed by atoms with E-state index in [0.29, 0.717) is 18.7 Å². The average Bonchev–Trinajstić information content (AvgIpc) is 2.65. The monoisotopic (exact) mass is 386 g/mol. The molecule has 0 bridgehead atoms. The van der Waals surface area contributed by atoms with E-state index in [1.807, 2.05) is 50.2 Å². The summed E-state index contributed by atoms with van der Waals surface area (Å²) in [5.41, 5.74) is 3.59. The van der Waals surface area contributed by atoms with Gasteiger partial charge in [0.25, 0.3) is 5.91 Å². The van der Waals surface area contributed by atoms with Crippen molar-refractivity contribution in [3.8, 4) is 0 Å². The van der Waals surface area contributed by atoms with Crippen LogP contribution in [0, 0.1) is 6.92 Å². The molecule has 27 heavy (non-hydrogen) atoms. The second-order valence-electron chi connectivity index (χ2n) is 7.04. The van der Waals surface area contributed by atoms with E-state index in [2.05, 4.69) is 0 Å². The summed E-state index contributed by atoms with van der Waals surface area (Å²) >= 11 is 0. The highest BCUT2D eigenvalue weighted by Gasteiger charge is 2.35. The molecule has 0 radical (unpaired) electrons. The first-order valence-corrected chi connectivity index (χ1v) is 11.1. The summed E-state index contributed by atoms with van der Waals surface area (Å²) in [6.45, 7) is 4.41. The number of carbonyl (C=O) groups excluding carboxylic acids is 1. The first-order chi connectivity index (χ1) is 12.8. The van der Waals surface area contributed by atoms with Gasteiger partial charge in [0.05, 0.1) is 11.9 Å². The quantitative estimate of drug-likeness (QED) is 0.790. The van der Waals surface area contributed by atoms with Gasteiger partial charge in [-0.2, -0.15) is 0 Å². The Kier molecular flexibility index (Phi) is 5.56. The molecular formula is C21H26N2O3S. The summed E-state index contributed by atoms with van der Waals surface area (Å²) in [6, 6.07) is 14.3. The molecule has 144 valence electrons. The van der Waals surface area contributed by atoms with Crippen LogP contribution in [0.3, 0.4) is 0 Å². The smallest absolute Gasteiger partial charge is 0.250 e. The van der Waals surface area contributed by atoms with Gasteiger partial charge in [-0.05, 0) is 49.9 Å². The van der Waals surface area contributed by atoms with Crippen molar-refractivity contribution < 1.29 is 13.2 Å². The highest BCUT2D eigenvalue weighted by atomic mass is 32.2. The number of benzene rings is 2. The molecule has 0 saturated heterocycles. The maximum Gasteiger partial charge on any atom is 0.250 e. The summed E-state index contributed by atoms with van der Waals surface area (Å²) in [6.07, 6.45) is 3.37. The normalized spacial score (nSPS) is 15.1. The Morgan fingerprint density at radius 1 is 1.15 bits per heavy atom. The number of hydrogen-bond donors (Lipinski definition) is 0. The fourth-order valence-electron chi connectivity index (χ4n) is 3.68. The van der Waals surface area contributed by atoms with Crippen molar-refractivity contribution in [3.63, 3.8) is 0 Å². The van der Waals surface area contributed by atoms with E-state index in [0.717, 1.165) is 35.9 Å². The summed E-state index contributed by atoms with van der Waals surface area (Å²) in [4.78, 5) is 15.2. The van der Waals surface area contributed by atoms with Crippen LogP contribution in [-0.4, -0.2) is 33.2 Å². The molecule has 0 N–H and O–H groups in total. The van der Waals surface area contributed by atoms with Crippen molar-refractivity contribution in [1.29, 1.82) is 0 Å². The van der Waals surface area contributed by atoms with Gasteiger partial charge < -0.3 is 4.90 Å². The maximum absolute atomic E-state index is 13.4. The molecule has 0 fully saturated rings. The Balaban J connectivity index is 2.01. The number of nitrogens with zero attached hydrogens (tertiary/aromatic N) is 2. The Hall–Kier alpha value is -2.34. The SMILES string of the molecule is CC[C@@H](C(=O)N1CCCc2ccccc21)N(c1ccc(C)cc1)S(C)(=O)=O. The summed E-state index contributed by atoms with van der Waals surface area (Å²) in [7, 11) is -3.62. The third kappa shape index (κ3) is 4.00. The molecule has 0 saturated carbocycles. The van der Waals surface area contributed by atoms with Gasteiger partial charge in [-0.1, -0.05) is 42.8 Å². The van der Waals surface area contributed by atoms with E-state index in [1.165, 1.54) is 4.31 Å². The number of anilines is 2. The molecule has 3 rings (SSSR count). The van der Waals surface area contributed by atoms with Gasteiger partial charge in [-0.15, -0.1) is 0 Å². The van der Waals surface area contributed by atoms with Crippen molar-refractivity contribution in [2.75, 3.05) is 22.0 Å². The Morgan fingerprint density at radius 3 is 2.44 bits per heavy atom. The number of aryl methyl sites for hydroxylation is 2. The fraction of sp³-hybridized carbons (Fsp3) is 0.381. The van der Waals surface area contributed by atoms with E-state index < -0.39 is 16.1 Å². The third-order valence-corrected chi connectivity index (χ3v) is 6.16. The van der Waals surface area contributed by atoms with Crippen molar-refractivity contribution in [2.45, 2.75) is 39.2 Å². The summed E-state index contributed by atoms with van der Waals surface area (Å²) < 4.78 is 26.5. The minimum Gasteiger partial charge on any atom is -0.310 e. The molecule has 2 aromatic carbocycles. The van der Waals surface area contributed by atoms with Gasteiger partial charge in [0.1, 0.15) is 6.04 Å². The van der Waals surface area contributed by atoms with Gasteiger partial charge in [0, 0.05) is 12.2 Å². The number of fused-ring (bicyclic) bond motifs is 1. The largest absolute Gasteiger partial charge is 0.310 e. The van der Waals surface area contributed by atoms with Crippen LogP contribution >= 0.6 is 0 Å². The zero-order valence-electron chi connectivity index (χ0n) is 16.1. The lowest BCUT2D eigenvalue weighted by Gasteiger charge is -2.36. The lowest BCUT2D eigenvalue weighted by atomic mass is 10.0. The molecule has 0 unspecified atom stereocenters. The topological polar surface area (TPSA) is 57.7 Å². The minimum atomic E-state index is -3.62. The Morgan fingerprint density at radius 2 is 1.81 bits per heavy atom. The van der Waals surface area contributed by atoms with Crippen molar-refractivity contribution in [2.24, 2.45) is 0 Å². The molecule has 0 aliphatic carbocycles. The van der Waals surface area contributed by atoms with Gasteiger partial charge >= 0.3 is 0 Å². The first-order valence-electron chi connectivity index (χ1n) is 9.28. The number of rotatable bonds is 5. The highest BCUT2D eigenvalue weighted by molar-refractivity contribution is 7.92. The van der Waals surface area contributed by atoms with Crippen LogP contribution in [0.4, 0.5) is 11.4 Å². The number of hydrogen-bond acceptors (Lipinski definition) is 3. The van der Waals surface area contributed by atoms with Crippen LogP contribution in [0.25, 0.3) is 0 Å². The molecule has 0 spiro atoms. The van der Waals surface area contributed by atoms with Crippen molar-refractivity contribution >= 4 is 27.3 Å². The molecule has 1 aliphatic heterocycles. The zero-order chi connectivity index (χ0) is 19.6. The van der Waals surface area contributed by atoms with Gasteiger partial charge in [-0.3, -0.25) is 9.10 Å². The Labute approximate surface area is 161 Å². The zero-order valence-corrected chi connectivity index (χ0v) is 16.9. The first kappa shape index (κ1) is 19.4. The molecule has 2 aromatic rings. The van der Waals surface area contributed by atoms with Crippen LogP contribution in [0.15, 0.2) is 48.5 Å². The molecular weight excluding hydrogens is 360 g/mol. The van der Waals surface area contributed by atoms with E-state index in [-0.39, 0.29) is 5.91 Å². The molecule has 1 aliphatic rings. The van der Waals surface area contributed by atoms with Crippen LogP contribution < -0.4 is 9.21 Å². The lowest BCUT2D eigenvalue weighted by Crippen LogP contribution is -2.52. The minimum absolute atomic E-state index is 0.171. The van der Waals surface area contributed by atoms with E-state index in [9.17, 15) is 13.2 Å². The van der Waals surface area contributed by atoms with Gasteiger partial charge in [0.2, 0.25) is 10.0 Å². The standard InChI is InChI=1S/C21H26N2O3S/c1-4-19(23(27(3,25)26)18-13-11-16(2)12-14-18)21(24)22-15-7-9-17-8-5-6-10-20(17)22/h5-6,8,10-14,19H,4,7,9,15H2,1-3H3/t19-/m0/s1. The number of carbonyl (C=O) groups is 1. The van der Waals surface area contributed by atoms with Crippen LogP contribution in [0.5, 0.6) is 0 Å². The molecule has 1 atom stereocenters. The highest BCUT2D eigenvalue weighted by Crippen LogP contribution is 2.30. The number of sulfonamides is 1. The van der Waals surface area contributed by atoms with E-state index >= 15 is 0 Å². The number of amides is 1. The predicted octanol–water partition coefficient (Wildman–Crippen LogP) is 3.52. The second-order valence-corrected chi connectivity index (χ2v) is 8.90. The van der Waals surface area contributed by atoms with Crippen LogP contribution in [-0.2, 0) is 21.2 Å². The lowest BCUT2D eigenvalue weighted by molar-refractivity contribution is -0.119. The van der Waals surface area contributed by atoms with Crippen molar-refractivity contribution in [3.05, 3.63) is 59.7 Å². The second kappa shape index (κ2) is 7.72. The fourth-order valence-corrected chi connectivity index (χ4v) is 4.88. The third-order valence-electron chi connectivity index (χ3n) is 4.98. The average molecular weight is 387 g/mol. The summed E-state index contributed by atoms with van der Waals surface area (Å²) in [5, 5.41) is 0. The molecule has 1 heterocycles. The van der Waals surface area contributed by atoms with Crippen LogP contribution in [0.1, 0.15) is 30.9 Å². The molecule has 0 aromatic heterocycles. The van der Waals surface area contributed by atoms with Gasteiger partial charge in [-0.25, -0.2) is 8.42 Å². The van der Waals surface area contributed by atoms with Crippen molar-refractivity contribution in [1.82, 2.24) is 0 Å². The molecule has 1 amide bonds. The summed E-state index contributed by atoms with van der Waals surface area (Å²) in [5.74, 6) is -0.171. The van der Waals surface area contributed by atoms with Crippen LogP contribution in [0.2, 0.25) is 0 Å². The molecule has 5 nitrogen and oxygen atoms in total. The van der Waals surface area contributed by atoms with E-state index in [4.69, 9.17) is 0 Å². The Bertz CT molecular complexity index is 923. The van der Waals surface area contributed by atoms with Gasteiger partial charge in [0.15, 0.2) is 0 Å². The number of para-hydroxylation sites is 1.